The molecule has 1 aliphatic heterocycles. The third-order valence-electron chi connectivity index (χ3n) is 3.74. The summed E-state index contributed by atoms with van der Waals surface area (Å²) >= 11 is 0. The summed E-state index contributed by atoms with van der Waals surface area (Å²) in [5.41, 5.74) is -0.733. The fourth-order valence-corrected chi connectivity index (χ4v) is 2.31. The van der Waals surface area contributed by atoms with Crippen LogP contribution in [-0.4, -0.2) is 43.0 Å². The van der Waals surface area contributed by atoms with Crippen LogP contribution in [-0.2, 0) is 11.2 Å². The number of urea groups is 1. The number of ether oxygens (including phenoxy) is 1. The monoisotopic (exact) mass is 332 g/mol. The van der Waals surface area contributed by atoms with Crippen molar-refractivity contribution in [2.45, 2.75) is 24.9 Å². The summed E-state index contributed by atoms with van der Waals surface area (Å²) in [5.74, 6) is -4.03. The SMILES string of the molecule is O=C(NCCc1cc(F)c(F)c(F)c1)NCC1(O)CCOCC1. The minimum Gasteiger partial charge on any atom is -0.388 e. The van der Waals surface area contributed by atoms with E-state index in [4.69, 9.17) is 4.74 Å². The third kappa shape index (κ3) is 5.11. The number of rotatable bonds is 5. The largest absolute Gasteiger partial charge is 0.388 e. The summed E-state index contributed by atoms with van der Waals surface area (Å²) in [6, 6.07) is 1.29. The molecule has 0 unspecified atom stereocenters. The Morgan fingerprint density at radius 3 is 2.39 bits per heavy atom. The van der Waals surface area contributed by atoms with E-state index >= 15 is 0 Å². The van der Waals surface area contributed by atoms with Gasteiger partial charge in [-0.1, -0.05) is 0 Å². The van der Waals surface area contributed by atoms with Gasteiger partial charge in [0.2, 0.25) is 0 Å². The number of benzene rings is 1. The second kappa shape index (κ2) is 7.65. The highest BCUT2D eigenvalue weighted by atomic mass is 19.2. The average Bonchev–Trinajstić information content (AvgIpc) is 2.51. The van der Waals surface area contributed by atoms with Gasteiger partial charge in [0.1, 0.15) is 0 Å². The molecule has 0 radical (unpaired) electrons. The molecule has 0 atom stereocenters. The fraction of sp³-hybridized carbons (Fsp3) is 0.533. The van der Waals surface area contributed by atoms with Crippen LogP contribution in [0.15, 0.2) is 12.1 Å². The highest BCUT2D eigenvalue weighted by molar-refractivity contribution is 5.73. The van der Waals surface area contributed by atoms with Gasteiger partial charge >= 0.3 is 6.03 Å². The Kier molecular flexibility index (Phi) is 5.84. The molecule has 1 heterocycles. The van der Waals surface area contributed by atoms with E-state index in [1.165, 1.54) is 0 Å². The maximum absolute atomic E-state index is 13.0. The van der Waals surface area contributed by atoms with Crippen LogP contribution in [0.3, 0.4) is 0 Å². The maximum atomic E-state index is 13.0. The average molecular weight is 332 g/mol. The van der Waals surface area contributed by atoms with Crippen LogP contribution in [0.1, 0.15) is 18.4 Å². The van der Waals surface area contributed by atoms with E-state index in [-0.39, 0.29) is 25.1 Å². The molecule has 2 amide bonds. The summed E-state index contributed by atoms with van der Waals surface area (Å²) in [4.78, 5) is 11.6. The maximum Gasteiger partial charge on any atom is 0.314 e. The molecule has 2 rings (SSSR count). The predicted molar refractivity (Wildman–Crippen MR) is 76.4 cm³/mol. The van der Waals surface area contributed by atoms with Crippen molar-refractivity contribution in [3.8, 4) is 0 Å². The molecule has 0 aliphatic carbocycles. The zero-order chi connectivity index (χ0) is 16.9. The number of carbonyl (C=O) groups is 1. The Balaban J connectivity index is 1.72. The van der Waals surface area contributed by atoms with Crippen LogP contribution in [0, 0.1) is 17.5 Å². The van der Waals surface area contributed by atoms with Crippen molar-refractivity contribution < 1.29 is 27.8 Å². The van der Waals surface area contributed by atoms with Gasteiger partial charge in [0.25, 0.3) is 0 Å². The normalized spacial score (nSPS) is 16.9. The van der Waals surface area contributed by atoms with Crippen LogP contribution >= 0.6 is 0 Å². The van der Waals surface area contributed by atoms with Crippen molar-refractivity contribution in [1.29, 1.82) is 0 Å². The minimum atomic E-state index is -1.51. The van der Waals surface area contributed by atoms with Crippen molar-refractivity contribution >= 4 is 6.03 Å². The number of hydrogen-bond donors (Lipinski definition) is 3. The number of amides is 2. The lowest BCUT2D eigenvalue weighted by Gasteiger charge is -2.32. The second-order valence-corrected chi connectivity index (χ2v) is 5.57. The second-order valence-electron chi connectivity index (χ2n) is 5.57. The van der Waals surface area contributed by atoms with Crippen molar-refractivity contribution in [3.63, 3.8) is 0 Å². The van der Waals surface area contributed by atoms with E-state index in [9.17, 15) is 23.1 Å². The number of hydrogen-bond acceptors (Lipinski definition) is 3. The Bertz CT molecular complexity index is 540. The molecule has 128 valence electrons. The van der Waals surface area contributed by atoms with Crippen LogP contribution in [0.5, 0.6) is 0 Å². The van der Waals surface area contributed by atoms with Crippen molar-refractivity contribution in [1.82, 2.24) is 10.6 Å². The summed E-state index contributed by atoms with van der Waals surface area (Å²) in [5, 5.41) is 15.2. The van der Waals surface area contributed by atoms with E-state index in [2.05, 4.69) is 10.6 Å². The Morgan fingerprint density at radius 1 is 1.17 bits per heavy atom. The zero-order valence-corrected chi connectivity index (χ0v) is 12.5. The van der Waals surface area contributed by atoms with Gasteiger partial charge in [0.15, 0.2) is 17.5 Å². The molecular weight excluding hydrogens is 313 g/mol. The molecule has 1 fully saturated rings. The van der Waals surface area contributed by atoms with Gasteiger partial charge in [-0.3, -0.25) is 0 Å². The van der Waals surface area contributed by atoms with Crippen molar-refractivity contribution in [3.05, 3.63) is 35.1 Å². The van der Waals surface area contributed by atoms with Crippen molar-refractivity contribution in [2.24, 2.45) is 0 Å². The Labute approximate surface area is 131 Å². The van der Waals surface area contributed by atoms with Crippen LogP contribution < -0.4 is 10.6 Å². The minimum absolute atomic E-state index is 0.0992. The topological polar surface area (TPSA) is 70.6 Å². The molecule has 5 nitrogen and oxygen atoms in total. The van der Waals surface area contributed by atoms with Crippen LogP contribution in [0.4, 0.5) is 18.0 Å². The molecule has 0 saturated carbocycles. The van der Waals surface area contributed by atoms with Gasteiger partial charge in [-0.25, -0.2) is 18.0 Å². The molecule has 23 heavy (non-hydrogen) atoms. The molecule has 0 bridgehead atoms. The van der Waals surface area contributed by atoms with Gasteiger partial charge in [-0.05, 0) is 24.1 Å². The van der Waals surface area contributed by atoms with E-state index in [1.54, 1.807) is 0 Å². The van der Waals surface area contributed by atoms with Crippen molar-refractivity contribution in [2.75, 3.05) is 26.3 Å². The number of carbonyl (C=O) groups excluding carboxylic acids is 1. The predicted octanol–water partition coefficient (Wildman–Crippen LogP) is 1.49. The molecule has 0 spiro atoms. The quantitative estimate of drug-likeness (QED) is 0.716. The molecule has 1 aromatic rings. The van der Waals surface area contributed by atoms with E-state index < -0.39 is 29.1 Å². The molecule has 0 aromatic heterocycles. The lowest BCUT2D eigenvalue weighted by molar-refractivity contribution is -0.0600. The number of halogens is 3. The molecular formula is C15H19F3N2O3. The lowest BCUT2D eigenvalue weighted by atomic mass is 9.94. The summed E-state index contributed by atoms with van der Waals surface area (Å²) in [7, 11) is 0. The first-order valence-corrected chi connectivity index (χ1v) is 7.35. The van der Waals surface area contributed by atoms with Gasteiger partial charge < -0.3 is 20.5 Å². The summed E-state index contributed by atoms with van der Waals surface area (Å²) < 4.78 is 44.0. The first-order chi connectivity index (χ1) is 10.9. The zero-order valence-electron chi connectivity index (χ0n) is 12.5. The first-order valence-electron chi connectivity index (χ1n) is 7.35. The molecule has 8 heteroatoms. The first kappa shape index (κ1) is 17.6. The Hall–Kier alpha value is -1.80. The van der Waals surface area contributed by atoms with Gasteiger partial charge in [-0.15, -0.1) is 0 Å². The Morgan fingerprint density at radius 2 is 1.78 bits per heavy atom. The molecule has 1 aromatic carbocycles. The van der Waals surface area contributed by atoms with Gasteiger partial charge in [-0.2, -0.15) is 0 Å². The number of aliphatic hydroxyl groups is 1. The smallest absolute Gasteiger partial charge is 0.314 e. The van der Waals surface area contributed by atoms with E-state index in [0.29, 0.717) is 26.1 Å². The summed E-state index contributed by atoms with van der Waals surface area (Å²) in [6.07, 6.45) is 1.04. The van der Waals surface area contributed by atoms with Crippen LogP contribution in [0.2, 0.25) is 0 Å². The highest BCUT2D eigenvalue weighted by Gasteiger charge is 2.29. The lowest BCUT2D eigenvalue weighted by Crippen LogP contribution is -2.49. The van der Waals surface area contributed by atoms with Gasteiger partial charge in [0.05, 0.1) is 5.60 Å². The molecule has 3 N–H and O–H groups in total. The molecule has 1 aliphatic rings. The highest BCUT2D eigenvalue weighted by Crippen LogP contribution is 2.19. The fourth-order valence-electron chi connectivity index (χ4n) is 2.31. The van der Waals surface area contributed by atoms with E-state index in [1.807, 2.05) is 0 Å². The molecule has 1 saturated heterocycles. The van der Waals surface area contributed by atoms with Gasteiger partial charge in [0, 0.05) is 39.1 Å². The number of nitrogens with one attached hydrogen (secondary N) is 2. The van der Waals surface area contributed by atoms with E-state index in [0.717, 1.165) is 12.1 Å². The standard InChI is InChI=1S/C15H19F3N2O3/c16-11-7-10(8-12(17)13(11)18)1-4-19-14(21)20-9-15(22)2-5-23-6-3-15/h7-8,22H,1-6,9H2,(H2,19,20,21). The third-order valence-corrected chi connectivity index (χ3v) is 3.74. The van der Waals surface area contributed by atoms with Crippen LogP contribution in [0.25, 0.3) is 0 Å². The summed E-state index contributed by atoms with van der Waals surface area (Å²) in [6.45, 7) is 1.11.